The van der Waals surface area contributed by atoms with Gasteiger partial charge in [0.25, 0.3) is 0 Å². The number of benzene rings is 6. The van der Waals surface area contributed by atoms with Crippen LogP contribution in [0.4, 0.5) is 32.0 Å². The number of nitrogens with one attached hydrogen (secondary N) is 1. The van der Waals surface area contributed by atoms with Crippen molar-refractivity contribution in [2.24, 2.45) is 0 Å². The predicted octanol–water partition coefficient (Wildman–Crippen LogP) is 8.65. The quantitative estimate of drug-likeness (QED) is 0.0315. The lowest BCUT2D eigenvalue weighted by Crippen LogP contribution is -2.44. The Morgan fingerprint density at radius 2 is 0.864 bits per heavy atom. The van der Waals surface area contributed by atoms with Gasteiger partial charge in [-0.15, -0.1) is 0 Å². The van der Waals surface area contributed by atoms with E-state index in [0.29, 0.717) is 41.8 Å². The molecule has 4 heterocycles. The van der Waals surface area contributed by atoms with Crippen molar-refractivity contribution in [2.75, 3.05) is 79.0 Å². The highest BCUT2D eigenvalue weighted by Crippen LogP contribution is 2.46. The monoisotopic (exact) mass is 1230 g/mol. The number of nitrogens with zero attached hydrogens (tertiary/aromatic N) is 2. The number of methoxy groups -OCH3 is 1. The number of likely N-dealkylation sites (N-methyl/N-ethyl adjacent to an activating group) is 2. The molecule has 0 aliphatic carbocycles. The Morgan fingerprint density at radius 1 is 0.534 bits per heavy atom. The number of hydrogen-bond acceptors (Lipinski definition) is 15. The zero-order chi connectivity index (χ0) is 63.8. The van der Waals surface area contributed by atoms with Crippen LogP contribution >= 0.6 is 0 Å². The molecule has 0 aromatic heterocycles. The van der Waals surface area contributed by atoms with Gasteiger partial charge in [-0.2, -0.15) is 26.3 Å². The van der Waals surface area contributed by atoms with Crippen molar-refractivity contribution in [1.82, 2.24) is 0 Å². The molecule has 6 aromatic carbocycles. The molecule has 0 saturated carbocycles. The molecule has 0 radical (unpaired) electrons. The number of carboxylic acids is 2. The molecule has 468 valence electrons. The first-order chi connectivity index (χ1) is 41.7. The van der Waals surface area contributed by atoms with E-state index in [2.05, 4.69) is 19.4 Å². The van der Waals surface area contributed by atoms with Crippen LogP contribution in [0.2, 0.25) is 0 Å². The molecule has 2 fully saturated rings. The van der Waals surface area contributed by atoms with Gasteiger partial charge in [0.2, 0.25) is 5.91 Å². The average molecular weight is 1230 g/mol. The number of likely N-dealkylation sites (tertiary alicyclic amines) is 2. The van der Waals surface area contributed by atoms with E-state index in [-0.39, 0.29) is 36.0 Å². The lowest BCUT2D eigenvalue weighted by atomic mass is 9.88. The predicted molar refractivity (Wildman–Crippen MR) is 301 cm³/mol. The van der Waals surface area contributed by atoms with Gasteiger partial charge >= 0.3 is 30.3 Å². The number of fused-ring (bicyclic) bond motifs is 4. The van der Waals surface area contributed by atoms with Crippen molar-refractivity contribution >= 4 is 41.4 Å². The number of amides is 1. The highest BCUT2D eigenvalue weighted by atomic mass is 19.4. The van der Waals surface area contributed by atoms with Gasteiger partial charge in [-0.3, -0.25) is 14.4 Å². The smallest absolute Gasteiger partial charge is 0.430 e. The van der Waals surface area contributed by atoms with Crippen molar-refractivity contribution in [3.8, 4) is 34.5 Å². The Hall–Kier alpha value is -9.16. The number of aliphatic carboxylic acids is 2. The summed E-state index contributed by atoms with van der Waals surface area (Å²) < 4.78 is 106. The third-order valence-corrected chi connectivity index (χ3v) is 14.8. The van der Waals surface area contributed by atoms with Crippen LogP contribution in [0.5, 0.6) is 34.5 Å². The maximum Gasteiger partial charge on any atom is 0.430 e. The molecule has 24 heteroatoms. The second-order valence-corrected chi connectivity index (χ2v) is 21.6. The van der Waals surface area contributed by atoms with Crippen LogP contribution in [0.25, 0.3) is 0 Å². The SMILES string of the molecule is CC(=O)Nc1ccc(OCCC[N+]2(C)CCC(OC(=O)C3c4ccccc4Oc4ccccc43)C2)cc1.COC(=O)c1ccc(OCCC[N+]2(C)CCC(OC(=O)C3c4ccccc4Oc4ccccc43)C2)cc1.O=C([O-])C(F)(F)F.O=C([O-])C(F)(F)F. The first-order valence-electron chi connectivity index (χ1n) is 27.9. The topological polar surface area (TPSA) is 225 Å². The van der Waals surface area contributed by atoms with E-state index in [1.165, 1.54) is 14.0 Å². The number of carbonyl (C=O) groups excluding carboxylic acids is 6. The number of anilines is 1. The number of hydrogen-bond donors (Lipinski definition) is 1. The summed E-state index contributed by atoms with van der Waals surface area (Å²) in [5.74, 6) is -3.55. The Kier molecular flexibility index (Phi) is 22.2. The summed E-state index contributed by atoms with van der Waals surface area (Å²) in [6, 6.07) is 45.1. The fourth-order valence-electron chi connectivity index (χ4n) is 10.6. The maximum absolute atomic E-state index is 13.5. The molecular formula is C64H65F6N3O15. The second-order valence-electron chi connectivity index (χ2n) is 21.6. The van der Waals surface area contributed by atoms with E-state index in [9.17, 15) is 45.5 Å². The van der Waals surface area contributed by atoms with Crippen molar-refractivity contribution in [3.63, 3.8) is 0 Å². The molecule has 88 heavy (non-hydrogen) atoms. The van der Waals surface area contributed by atoms with Crippen LogP contribution in [0, 0.1) is 0 Å². The molecule has 2 saturated heterocycles. The maximum atomic E-state index is 13.5. The summed E-state index contributed by atoms with van der Waals surface area (Å²) in [6.45, 7) is 8.03. The number of alkyl halides is 6. The van der Waals surface area contributed by atoms with E-state index in [0.717, 1.165) is 113 Å². The summed E-state index contributed by atoms with van der Waals surface area (Å²) in [7, 11) is 5.79. The number of ether oxygens (including phenoxy) is 7. The Bertz CT molecular complexity index is 3290. The molecule has 1 N–H and O–H groups in total. The number of carbonyl (C=O) groups is 6. The lowest BCUT2D eigenvalue weighted by Gasteiger charge is -2.30. The van der Waals surface area contributed by atoms with Crippen LogP contribution in [0.3, 0.4) is 0 Å². The Balaban J connectivity index is 0.000000206. The van der Waals surface area contributed by atoms with Gasteiger partial charge in [0.05, 0.1) is 66.2 Å². The van der Waals surface area contributed by atoms with E-state index in [4.69, 9.17) is 53.0 Å². The van der Waals surface area contributed by atoms with E-state index < -0.39 is 36.1 Å². The van der Waals surface area contributed by atoms with Crippen LogP contribution in [-0.2, 0) is 38.2 Å². The van der Waals surface area contributed by atoms with Gasteiger partial charge in [0.1, 0.15) is 71.4 Å². The molecule has 4 unspecified atom stereocenters. The molecule has 18 nitrogen and oxygen atoms in total. The van der Waals surface area contributed by atoms with Crippen molar-refractivity contribution in [1.29, 1.82) is 0 Å². The molecule has 0 spiro atoms. The van der Waals surface area contributed by atoms with Gasteiger partial charge in [-0.25, -0.2) is 4.79 Å². The van der Waals surface area contributed by atoms with E-state index in [1.807, 2.05) is 121 Å². The molecule has 10 rings (SSSR count). The van der Waals surface area contributed by atoms with E-state index in [1.54, 1.807) is 24.3 Å². The van der Waals surface area contributed by atoms with Gasteiger partial charge in [-0.05, 0) is 72.8 Å². The van der Waals surface area contributed by atoms with Crippen molar-refractivity contribution in [3.05, 3.63) is 173 Å². The van der Waals surface area contributed by atoms with Crippen LogP contribution < -0.4 is 34.5 Å². The third-order valence-electron chi connectivity index (χ3n) is 14.8. The highest BCUT2D eigenvalue weighted by Gasteiger charge is 2.42. The van der Waals surface area contributed by atoms with Crippen molar-refractivity contribution in [2.45, 2.75) is 69.0 Å². The minimum atomic E-state index is -5.19. The first kappa shape index (κ1) is 66.4. The van der Waals surface area contributed by atoms with E-state index >= 15 is 0 Å². The summed E-state index contributed by atoms with van der Waals surface area (Å²) in [5.41, 5.74) is 4.64. The fraction of sp³-hybridized carbons (Fsp3) is 0.344. The number of para-hydroxylation sites is 4. The van der Waals surface area contributed by atoms with Gasteiger partial charge in [-0.1, -0.05) is 72.8 Å². The van der Waals surface area contributed by atoms with Gasteiger partial charge in [0.15, 0.2) is 12.2 Å². The van der Waals surface area contributed by atoms with Gasteiger partial charge < -0.3 is 67.2 Å². The first-order valence-corrected chi connectivity index (χ1v) is 27.9. The minimum absolute atomic E-state index is 0.0948. The van der Waals surface area contributed by atoms with Crippen LogP contribution in [-0.4, -0.2) is 143 Å². The summed E-state index contributed by atoms with van der Waals surface area (Å²) in [4.78, 5) is 67.2. The number of quaternary nitrogens is 2. The molecule has 4 aliphatic rings. The fourth-order valence-corrected chi connectivity index (χ4v) is 10.6. The molecule has 0 bridgehead atoms. The standard InChI is InChI=1S/C30H32N2O5.C30H32NO6.2C2HF3O2/c1-21(33)31-22-12-14-23(15-13-22)35-19-7-17-32(2)18-16-24(20-32)36-30(34)29-25-8-3-5-10-27(25)37-28-11-6-4-9-26(28)29;1-31(17-7-19-35-22-14-12-21(13-15-22)29(32)34-2)18-16-23(20-31)36-30(33)28-24-8-3-5-10-26(24)37-27-11-6-4-9-25(27)28;2*3-2(4,5)1(6)7/h3-6,8-15,24,29H,7,16-20H2,1-2H3;3-6,8-15,23,28H,7,16-20H2,1-2H3;2*(H,6,7)/q;+1;;/p-1. The number of rotatable bonds is 16. The molecule has 1 amide bonds. The molecular weight excluding hydrogens is 1160 g/mol. The second kappa shape index (κ2) is 29.5. The zero-order valence-electron chi connectivity index (χ0n) is 48.4. The normalized spacial score (nSPS) is 18.9. The summed E-state index contributed by atoms with van der Waals surface area (Å²) in [6.07, 6.45) is -7.17. The van der Waals surface area contributed by atoms with Gasteiger partial charge in [0, 0.05) is 60.5 Å². The largest absolute Gasteiger partial charge is 0.542 e. The highest BCUT2D eigenvalue weighted by molar-refractivity contribution is 5.90. The summed E-state index contributed by atoms with van der Waals surface area (Å²) >= 11 is 0. The Labute approximate surface area is 503 Å². The molecule has 4 atom stereocenters. The van der Waals surface area contributed by atoms with Crippen LogP contribution in [0.1, 0.15) is 77.1 Å². The molecule has 6 aromatic rings. The lowest BCUT2D eigenvalue weighted by molar-refractivity contribution is -0.899. The minimum Gasteiger partial charge on any atom is -0.542 e. The summed E-state index contributed by atoms with van der Waals surface area (Å²) in [5, 5.41) is 20.3. The number of carboxylic acid groups (broad SMARTS) is 2. The average Bonchev–Trinajstić information content (AvgIpc) is 4.22. The zero-order valence-corrected chi connectivity index (χ0v) is 48.4. The van der Waals surface area contributed by atoms with Crippen LogP contribution in [0.15, 0.2) is 146 Å². The van der Waals surface area contributed by atoms with Crippen molar-refractivity contribution < 1.29 is 107 Å². The third kappa shape index (κ3) is 18.4. The molecule has 4 aliphatic heterocycles. The number of esters is 3. The Morgan fingerprint density at radius 3 is 1.18 bits per heavy atom. The number of halogens is 6.